The van der Waals surface area contributed by atoms with Gasteiger partial charge in [0, 0.05) is 19.1 Å². The molecule has 106 valence electrons. The molecule has 0 radical (unpaired) electrons. The quantitative estimate of drug-likeness (QED) is 0.773. The summed E-state index contributed by atoms with van der Waals surface area (Å²) >= 11 is 0. The fraction of sp³-hybridized carbons (Fsp3) is 0.647. The van der Waals surface area contributed by atoms with E-state index < -0.39 is 0 Å². The third-order valence-corrected chi connectivity index (χ3v) is 3.58. The zero-order valence-electron chi connectivity index (χ0n) is 12.7. The zero-order valence-corrected chi connectivity index (χ0v) is 12.7. The van der Waals surface area contributed by atoms with Crippen molar-refractivity contribution in [1.82, 2.24) is 10.2 Å². The van der Waals surface area contributed by atoms with Gasteiger partial charge in [-0.3, -0.25) is 0 Å². The van der Waals surface area contributed by atoms with Crippen LogP contribution in [0, 0.1) is 5.92 Å². The second kappa shape index (κ2) is 7.06. The number of benzene rings is 1. The lowest BCUT2D eigenvalue weighted by molar-refractivity contribution is 0.288. The molecule has 0 unspecified atom stereocenters. The molecule has 1 saturated carbocycles. The van der Waals surface area contributed by atoms with Crippen molar-refractivity contribution in [2.75, 3.05) is 20.1 Å². The van der Waals surface area contributed by atoms with Crippen LogP contribution in [-0.4, -0.2) is 31.1 Å². The van der Waals surface area contributed by atoms with Crippen molar-refractivity contribution in [3.63, 3.8) is 0 Å². The molecule has 2 nitrogen and oxygen atoms in total. The minimum atomic E-state index is 0.734. The van der Waals surface area contributed by atoms with E-state index >= 15 is 0 Å². The molecule has 1 aromatic rings. The summed E-state index contributed by atoms with van der Waals surface area (Å²) in [6, 6.07) is 9.95. The van der Waals surface area contributed by atoms with Crippen molar-refractivity contribution in [2.24, 2.45) is 5.92 Å². The molecular formula is C17H28N2. The lowest BCUT2D eigenvalue weighted by Crippen LogP contribution is -2.22. The molecule has 1 aromatic carbocycles. The Morgan fingerprint density at radius 1 is 1.16 bits per heavy atom. The van der Waals surface area contributed by atoms with Crippen LogP contribution in [0.4, 0.5) is 0 Å². The molecule has 0 aromatic heterocycles. The smallest absolute Gasteiger partial charge is 0.0230 e. The Balaban J connectivity index is 1.73. The summed E-state index contributed by atoms with van der Waals surface area (Å²) in [6.07, 6.45) is 3.90. The van der Waals surface area contributed by atoms with Crippen LogP contribution in [0.1, 0.15) is 37.8 Å². The van der Waals surface area contributed by atoms with E-state index in [0.717, 1.165) is 38.0 Å². The maximum atomic E-state index is 3.57. The maximum absolute atomic E-state index is 3.57. The van der Waals surface area contributed by atoms with Gasteiger partial charge in [-0.2, -0.15) is 0 Å². The van der Waals surface area contributed by atoms with Gasteiger partial charge in [-0.25, -0.2) is 0 Å². The van der Waals surface area contributed by atoms with E-state index in [1.807, 2.05) is 0 Å². The van der Waals surface area contributed by atoms with Crippen LogP contribution in [0.5, 0.6) is 0 Å². The summed E-state index contributed by atoms with van der Waals surface area (Å²) < 4.78 is 0. The first-order valence-corrected chi connectivity index (χ1v) is 7.63. The topological polar surface area (TPSA) is 15.3 Å². The number of nitrogens with zero attached hydrogens (tertiary/aromatic N) is 1. The highest BCUT2D eigenvalue weighted by Gasteiger charge is 2.19. The Morgan fingerprint density at radius 2 is 1.79 bits per heavy atom. The monoisotopic (exact) mass is 260 g/mol. The third-order valence-electron chi connectivity index (χ3n) is 3.58. The van der Waals surface area contributed by atoms with Crippen LogP contribution in [0.25, 0.3) is 0 Å². The fourth-order valence-electron chi connectivity index (χ4n) is 2.52. The molecule has 0 aliphatic heterocycles. The number of nitrogens with one attached hydrogen (secondary N) is 1. The molecule has 1 fully saturated rings. The molecule has 0 atom stereocenters. The van der Waals surface area contributed by atoms with Crippen molar-refractivity contribution in [3.8, 4) is 0 Å². The molecule has 0 saturated heterocycles. The van der Waals surface area contributed by atoms with Crippen molar-refractivity contribution < 1.29 is 0 Å². The number of hydrogen-bond donors (Lipinski definition) is 1. The standard InChI is InChI=1S/C17H28N2/c1-14(2)12-19(3)13-16-6-4-15(5-7-16)10-11-18-17-8-9-17/h4-7,14,17-18H,8-13H2,1-3H3. The first kappa shape index (κ1) is 14.5. The summed E-state index contributed by atoms with van der Waals surface area (Å²) in [6.45, 7) is 7.88. The van der Waals surface area contributed by atoms with Crippen molar-refractivity contribution in [1.29, 1.82) is 0 Å². The van der Waals surface area contributed by atoms with Gasteiger partial charge < -0.3 is 10.2 Å². The van der Waals surface area contributed by atoms with E-state index in [-0.39, 0.29) is 0 Å². The van der Waals surface area contributed by atoms with Gasteiger partial charge in [0.15, 0.2) is 0 Å². The summed E-state index contributed by atoms with van der Waals surface area (Å²) in [7, 11) is 2.20. The molecule has 0 bridgehead atoms. The first-order valence-electron chi connectivity index (χ1n) is 7.63. The predicted molar refractivity (Wildman–Crippen MR) is 82.3 cm³/mol. The predicted octanol–water partition coefficient (Wildman–Crippen LogP) is 3.07. The molecule has 2 heteroatoms. The summed E-state index contributed by atoms with van der Waals surface area (Å²) in [5.41, 5.74) is 2.87. The SMILES string of the molecule is CC(C)CN(C)Cc1ccc(CCNC2CC2)cc1. The molecule has 1 aliphatic carbocycles. The molecule has 0 heterocycles. The molecule has 0 amide bonds. The van der Waals surface area contributed by atoms with E-state index in [9.17, 15) is 0 Å². The number of hydrogen-bond acceptors (Lipinski definition) is 2. The van der Waals surface area contributed by atoms with Gasteiger partial charge >= 0.3 is 0 Å². The Hall–Kier alpha value is -0.860. The zero-order chi connectivity index (χ0) is 13.7. The van der Waals surface area contributed by atoms with Gasteiger partial charge in [-0.15, -0.1) is 0 Å². The van der Waals surface area contributed by atoms with Crippen molar-refractivity contribution in [3.05, 3.63) is 35.4 Å². The van der Waals surface area contributed by atoms with Gasteiger partial charge in [0.05, 0.1) is 0 Å². The Morgan fingerprint density at radius 3 is 2.37 bits per heavy atom. The molecular weight excluding hydrogens is 232 g/mol. The van der Waals surface area contributed by atoms with E-state index in [1.165, 1.54) is 24.0 Å². The highest BCUT2D eigenvalue weighted by atomic mass is 15.1. The normalized spacial score (nSPS) is 15.4. The second-order valence-corrected chi connectivity index (χ2v) is 6.39. The Labute approximate surface area is 118 Å². The lowest BCUT2D eigenvalue weighted by atomic mass is 10.1. The molecule has 1 aliphatic rings. The minimum absolute atomic E-state index is 0.734. The van der Waals surface area contributed by atoms with E-state index in [1.54, 1.807) is 0 Å². The average molecular weight is 260 g/mol. The van der Waals surface area contributed by atoms with Gasteiger partial charge in [-0.05, 0) is 49.9 Å². The van der Waals surface area contributed by atoms with Gasteiger partial charge in [-0.1, -0.05) is 38.1 Å². The summed E-state index contributed by atoms with van der Waals surface area (Å²) in [5, 5.41) is 3.57. The molecule has 19 heavy (non-hydrogen) atoms. The van der Waals surface area contributed by atoms with E-state index in [2.05, 4.69) is 55.4 Å². The van der Waals surface area contributed by atoms with Gasteiger partial charge in [0.25, 0.3) is 0 Å². The third kappa shape index (κ3) is 5.75. The summed E-state index contributed by atoms with van der Waals surface area (Å²) in [4.78, 5) is 2.40. The second-order valence-electron chi connectivity index (χ2n) is 6.39. The number of rotatable bonds is 8. The first-order chi connectivity index (χ1) is 9.13. The Kier molecular flexibility index (Phi) is 5.41. The van der Waals surface area contributed by atoms with Crippen LogP contribution in [0.2, 0.25) is 0 Å². The molecule has 1 N–H and O–H groups in total. The van der Waals surface area contributed by atoms with E-state index in [4.69, 9.17) is 0 Å². The average Bonchev–Trinajstić information content (AvgIpc) is 3.14. The highest BCUT2D eigenvalue weighted by Crippen LogP contribution is 2.18. The molecule has 0 spiro atoms. The maximum Gasteiger partial charge on any atom is 0.0230 e. The van der Waals surface area contributed by atoms with E-state index in [0.29, 0.717) is 0 Å². The molecule has 2 rings (SSSR count). The van der Waals surface area contributed by atoms with Crippen LogP contribution in [0.15, 0.2) is 24.3 Å². The minimum Gasteiger partial charge on any atom is -0.314 e. The van der Waals surface area contributed by atoms with Gasteiger partial charge in [0.1, 0.15) is 0 Å². The Bertz CT molecular complexity index is 365. The fourth-order valence-corrected chi connectivity index (χ4v) is 2.52. The highest BCUT2D eigenvalue weighted by molar-refractivity contribution is 5.22. The van der Waals surface area contributed by atoms with Crippen molar-refractivity contribution >= 4 is 0 Å². The van der Waals surface area contributed by atoms with Gasteiger partial charge in [0.2, 0.25) is 0 Å². The van der Waals surface area contributed by atoms with Crippen LogP contribution in [-0.2, 0) is 13.0 Å². The van der Waals surface area contributed by atoms with Crippen LogP contribution in [0.3, 0.4) is 0 Å². The summed E-state index contributed by atoms with van der Waals surface area (Å²) in [5.74, 6) is 0.734. The van der Waals surface area contributed by atoms with Crippen LogP contribution >= 0.6 is 0 Å². The van der Waals surface area contributed by atoms with Crippen LogP contribution < -0.4 is 5.32 Å². The lowest BCUT2D eigenvalue weighted by Gasteiger charge is -2.19. The largest absolute Gasteiger partial charge is 0.314 e. The van der Waals surface area contributed by atoms with Crippen molar-refractivity contribution in [2.45, 2.75) is 45.7 Å².